The molecule has 0 spiro atoms. The van der Waals surface area contributed by atoms with Crippen LogP contribution in [0.4, 0.5) is 0 Å². The Hall–Kier alpha value is -2.01. The van der Waals surface area contributed by atoms with Crippen molar-refractivity contribution in [2.24, 2.45) is 11.7 Å². The van der Waals surface area contributed by atoms with Crippen molar-refractivity contribution in [2.75, 3.05) is 0 Å². The molecule has 2 aromatic rings. The first kappa shape index (κ1) is 13.9. The van der Waals surface area contributed by atoms with Crippen molar-refractivity contribution in [3.63, 3.8) is 0 Å². The first-order chi connectivity index (χ1) is 10.2. The molecule has 0 bridgehead atoms. The highest BCUT2D eigenvalue weighted by molar-refractivity contribution is 5.79. The van der Waals surface area contributed by atoms with E-state index in [2.05, 4.69) is 0 Å². The Morgan fingerprint density at radius 1 is 1.14 bits per heavy atom. The molecule has 2 atom stereocenters. The maximum Gasteiger partial charge on any atom is 0.228 e. The molecule has 1 aliphatic rings. The summed E-state index contributed by atoms with van der Waals surface area (Å²) in [6, 6.07) is 7.36. The quantitative estimate of drug-likeness (QED) is 0.917. The van der Waals surface area contributed by atoms with E-state index in [4.69, 9.17) is 14.6 Å². The second kappa shape index (κ2) is 6.18. The summed E-state index contributed by atoms with van der Waals surface area (Å²) in [6.45, 7) is 0.880. The second-order valence-corrected chi connectivity index (χ2v) is 5.55. The Kier molecular flexibility index (Phi) is 4.10. The molecule has 1 fully saturated rings. The summed E-state index contributed by atoms with van der Waals surface area (Å²) in [5, 5.41) is 0. The number of nitrogens with zero attached hydrogens (tertiary/aromatic N) is 1. The van der Waals surface area contributed by atoms with Crippen molar-refractivity contribution in [1.29, 1.82) is 0 Å². The SMILES string of the molecule is NC1CCCC1C(=O)N(Cc1ccco1)Cc1ccco1. The molecule has 2 unspecified atom stereocenters. The summed E-state index contributed by atoms with van der Waals surface area (Å²) in [4.78, 5) is 14.5. The van der Waals surface area contributed by atoms with Gasteiger partial charge in [-0.15, -0.1) is 0 Å². The van der Waals surface area contributed by atoms with Crippen molar-refractivity contribution in [3.05, 3.63) is 48.3 Å². The average molecular weight is 288 g/mol. The fourth-order valence-corrected chi connectivity index (χ4v) is 2.92. The van der Waals surface area contributed by atoms with E-state index < -0.39 is 0 Å². The molecule has 5 heteroatoms. The highest BCUT2D eigenvalue weighted by Crippen LogP contribution is 2.27. The summed E-state index contributed by atoms with van der Waals surface area (Å²) in [6.07, 6.45) is 6.05. The molecule has 2 aromatic heterocycles. The van der Waals surface area contributed by atoms with Gasteiger partial charge in [0.25, 0.3) is 0 Å². The zero-order chi connectivity index (χ0) is 14.7. The fraction of sp³-hybridized carbons (Fsp3) is 0.438. The largest absolute Gasteiger partial charge is 0.467 e. The van der Waals surface area contributed by atoms with Crippen LogP contribution in [-0.4, -0.2) is 16.8 Å². The lowest BCUT2D eigenvalue weighted by atomic mass is 10.0. The number of carbonyl (C=O) groups excluding carboxylic acids is 1. The van der Waals surface area contributed by atoms with Gasteiger partial charge in [0.15, 0.2) is 0 Å². The third-order valence-corrected chi connectivity index (χ3v) is 4.05. The molecular formula is C16H20N2O3. The van der Waals surface area contributed by atoms with Crippen molar-refractivity contribution in [3.8, 4) is 0 Å². The number of carbonyl (C=O) groups is 1. The summed E-state index contributed by atoms with van der Waals surface area (Å²) in [7, 11) is 0. The summed E-state index contributed by atoms with van der Waals surface area (Å²) < 4.78 is 10.7. The number of amides is 1. The van der Waals surface area contributed by atoms with Gasteiger partial charge >= 0.3 is 0 Å². The summed E-state index contributed by atoms with van der Waals surface area (Å²) in [5.74, 6) is 1.53. The van der Waals surface area contributed by atoms with Crippen molar-refractivity contribution >= 4 is 5.91 Å². The van der Waals surface area contributed by atoms with Gasteiger partial charge in [0.05, 0.1) is 31.5 Å². The van der Waals surface area contributed by atoms with Crippen LogP contribution in [0.1, 0.15) is 30.8 Å². The minimum Gasteiger partial charge on any atom is -0.467 e. The van der Waals surface area contributed by atoms with Crippen LogP contribution >= 0.6 is 0 Å². The first-order valence-electron chi connectivity index (χ1n) is 7.33. The Labute approximate surface area is 123 Å². The van der Waals surface area contributed by atoms with E-state index in [0.29, 0.717) is 13.1 Å². The minimum absolute atomic E-state index is 0.0341. The normalized spacial score (nSPS) is 21.6. The average Bonchev–Trinajstić information content (AvgIpc) is 3.19. The van der Waals surface area contributed by atoms with E-state index in [1.54, 1.807) is 17.4 Å². The van der Waals surface area contributed by atoms with Crippen molar-refractivity contribution in [2.45, 2.75) is 38.4 Å². The smallest absolute Gasteiger partial charge is 0.228 e. The van der Waals surface area contributed by atoms with Gasteiger partial charge in [-0.2, -0.15) is 0 Å². The molecule has 1 amide bonds. The Morgan fingerprint density at radius 3 is 2.19 bits per heavy atom. The standard InChI is InChI=1S/C16H20N2O3/c17-15-7-1-6-14(15)16(19)18(10-12-4-2-8-20-12)11-13-5-3-9-21-13/h2-5,8-9,14-15H,1,6-7,10-11,17H2. The molecule has 1 aliphatic carbocycles. The fourth-order valence-electron chi connectivity index (χ4n) is 2.92. The number of nitrogens with two attached hydrogens (primary N) is 1. The van der Waals surface area contributed by atoms with Crippen LogP contribution in [-0.2, 0) is 17.9 Å². The van der Waals surface area contributed by atoms with Crippen LogP contribution in [0.2, 0.25) is 0 Å². The highest BCUT2D eigenvalue weighted by Gasteiger charge is 2.33. The third-order valence-electron chi connectivity index (χ3n) is 4.05. The first-order valence-corrected chi connectivity index (χ1v) is 7.33. The van der Waals surface area contributed by atoms with E-state index in [9.17, 15) is 4.79 Å². The van der Waals surface area contributed by atoms with Crippen LogP contribution < -0.4 is 5.73 Å². The molecule has 2 N–H and O–H groups in total. The van der Waals surface area contributed by atoms with Gasteiger partial charge in [-0.05, 0) is 37.1 Å². The summed E-state index contributed by atoms with van der Waals surface area (Å²) in [5.41, 5.74) is 6.07. The third kappa shape index (κ3) is 3.19. The molecule has 3 rings (SSSR count). The Morgan fingerprint density at radius 2 is 1.76 bits per heavy atom. The Bertz CT molecular complexity index is 526. The maximum absolute atomic E-state index is 12.8. The monoisotopic (exact) mass is 288 g/mol. The molecule has 1 saturated carbocycles. The van der Waals surface area contributed by atoms with E-state index in [-0.39, 0.29) is 17.9 Å². The molecular weight excluding hydrogens is 268 g/mol. The van der Waals surface area contributed by atoms with Crippen LogP contribution in [0.25, 0.3) is 0 Å². The molecule has 0 saturated heterocycles. The van der Waals surface area contributed by atoms with Gasteiger partial charge in [0, 0.05) is 6.04 Å². The maximum atomic E-state index is 12.8. The van der Waals surface area contributed by atoms with E-state index >= 15 is 0 Å². The van der Waals surface area contributed by atoms with Gasteiger partial charge in [0.1, 0.15) is 11.5 Å². The zero-order valence-electron chi connectivity index (χ0n) is 11.9. The topological polar surface area (TPSA) is 72.6 Å². The highest BCUT2D eigenvalue weighted by atomic mass is 16.3. The zero-order valence-corrected chi connectivity index (χ0v) is 11.9. The Balaban J connectivity index is 1.75. The molecule has 2 heterocycles. The van der Waals surface area contributed by atoms with Gasteiger partial charge in [0.2, 0.25) is 5.91 Å². The molecule has 0 aliphatic heterocycles. The van der Waals surface area contributed by atoms with Crippen LogP contribution in [0.15, 0.2) is 45.6 Å². The van der Waals surface area contributed by atoms with Crippen molar-refractivity contribution in [1.82, 2.24) is 4.90 Å². The number of rotatable bonds is 5. The molecule has 21 heavy (non-hydrogen) atoms. The molecule has 5 nitrogen and oxygen atoms in total. The van der Waals surface area contributed by atoms with Crippen LogP contribution in [0.5, 0.6) is 0 Å². The van der Waals surface area contributed by atoms with E-state index in [1.165, 1.54) is 0 Å². The molecule has 0 aromatic carbocycles. The summed E-state index contributed by atoms with van der Waals surface area (Å²) >= 11 is 0. The van der Waals surface area contributed by atoms with E-state index in [1.807, 2.05) is 24.3 Å². The lowest BCUT2D eigenvalue weighted by Crippen LogP contribution is -2.41. The van der Waals surface area contributed by atoms with Crippen LogP contribution in [0, 0.1) is 5.92 Å². The number of furan rings is 2. The van der Waals surface area contributed by atoms with Crippen LogP contribution in [0.3, 0.4) is 0 Å². The number of hydrogen-bond acceptors (Lipinski definition) is 4. The lowest BCUT2D eigenvalue weighted by Gasteiger charge is -2.25. The molecule has 112 valence electrons. The molecule has 0 radical (unpaired) electrons. The second-order valence-electron chi connectivity index (χ2n) is 5.55. The van der Waals surface area contributed by atoms with Crippen molar-refractivity contribution < 1.29 is 13.6 Å². The van der Waals surface area contributed by atoms with Gasteiger partial charge < -0.3 is 19.5 Å². The van der Waals surface area contributed by atoms with Gasteiger partial charge in [-0.1, -0.05) is 6.42 Å². The predicted molar refractivity (Wildman–Crippen MR) is 77.0 cm³/mol. The van der Waals surface area contributed by atoms with Gasteiger partial charge in [-0.3, -0.25) is 4.79 Å². The minimum atomic E-state index is -0.0880. The lowest BCUT2D eigenvalue weighted by molar-refractivity contribution is -0.137. The van der Waals surface area contributed by atoms with E-state index in [0.717, 1.165) is 30.8 Å². The number of hydrogen-bond donors (Lipinski definition) is 1. The van der Waals surface area contributed by atoms with Gasteiger partial charge in [-0.25, -0.2) is 0 Å². The predicted octanol–water partition coefficient (Wildman–Crippen LogP) is 2.53.